The molecule has 2 aromatic heterocycles. The molecule has 6 heteroatoms. The van der Waals surface area contributed by atoms with Gasteiger partial charge >= 0.3 is 0 Å². The third-order valence-electron chi connectivity index (χ3n) is 2.20. The SMILES string of the molecule is OC[C@@H](Nc1cncc(Cl)n1)c1cccnc1. The molecule has 2 heterocycles. The number of halogens is 1. The number of aliphatic hydroxyl groups is 1. The van der Waals surface area contributed by atoms with Crippen LogP contribution in [0, 0.1) is 0 Å². The molecule has 2 rings (SSSR count). The van der Waals surface area contributed by atoms with Crippen molar-refractivity contribution in [1.29, 1.82) is 0 Å². The summed E-state index contributed by atoms with van der Waals surface area (Å²) in [5.74, 6) is 0.514. The fraction of sp³-hybridized carbons (Fsp3) is 0.182. The first-order valence-electron chi connectivity index (χ1n) is 5.04. The Labute approximate surface area is 104 Å². The first-order chi connectivity index (χ1) is 8.29. The molecule has 2 aromatic rings. The first-order valence-corrected chi connectivity index (χ1v) is 5.42. The van der Waals surface area contributed by atoms with Crippen molar-refractivity contribution in [3.8, 4) is 0 Å². The maximum atomic E-state index is 9.34. The van der Waals surface area contributed by atoms with E-state index < -0.39 is 0 Å². The minimum atomic E-state index is -0.281. The van der Waals surface area contributed by atoms with Crippen LogP contribution in [0.5, 0.6) is 0 Å². The van der Waals surface area contributed by atoms with Gasteiger partial charge in [0.2, 0.25) is 0 Å². The van der Waals surface area contributed by atoms with Crippen LogP contribution < -0.4 is 5.32 Å². The Morgan fingerprint density at radius 3 is 2.82 bits per heavy atom. The van der Waals surface area contributed by atoms with Crippen molar-refractivity contribution in [2.24, 2.45) is 0 Å². The van der Waals surface area contributed by atoms with Crippen LogP contribution in [-0.4, -0.2) is 26.7 Å². The second-order valence-electron chi connectivity index (χ2n) is 3.39. The smallest absolute Gasteiger partial charge is 0.149 e. The maximum Gasteiger partial charge on any atom is 0.149 e. The van der Waals surface area contributed by atoms with Crippen LogP contribution in [0.15, 0.2) is 36.9 Å². The number of anilines is 1. The van der Waals surface area contributed by atoms with E-state index in [4.69, 9.17) is 11.6 Å². The van der Waals surface area contributed by atoms with Crippen molar-refractivity contribution >= 4 is 17.4 Å². The third-order valence-corrected chi connectivity index (χ3v) is 2.38. The Balaban J connectivity index is 2.16. The zero-order chi connectivity index (χ0) is 12.1. The molecule has 0 saturated heterocycles. The topological polar surface area (TPSA) is 70.9 Å². The quantitative estimate of drug-likeness (QED) is 0.864. The fourth-order valence-electron chi connectivity index (χ4n) is 1.41. The summed E-state index contributed by atoms with van der Waals surface area (Å²) in [7, 11) is 0. The largest absolute Gasteiger partial charge is 0.394 e. The van der Waals surface area contributed by atoms with Gasteiger partial charge in [-0.15, -0.1) is 0 Å². The van der Waals surface area contributed by atoms with E-state index in [0.717, 1.165) is 5.56 Å². The van der Waals surface area contributed by atoms with E-state index in [2.05, 4.69) is 20.3 Å². The van der Waals surface area contributed by atoms with E-state index in [1.807, 2.05) is 12.1 Å². The Hall–Kier alpha value is -1.72. The van der Waals surface area contributed by atoms with Crippen LogP contribution in [0.3, 0.4) is 0 Å². The van der Waals surface area contributed by atoms with Gasteiger partial charge in [0.25, 0.3) is 0 Å². The number of hydrogen-bond acceptors (Lipinski definition) is 5. The number of pyridine rings is 1. The number of nitrogens with zero attached hydrogens (tertiary/aromatic N) is 3. The third kappa shape index (κ3) is 3.12. The van der Waals surface area contributed by atoms with Gasteiger partial charge in [-0.25, -0.2) is 4.98 Å². The second kappa shape index (κ2) is 5.56. The molecule has 88 valence electrons. The molecule has 2 N–H and O–H groups in total. The van der Waals surface area contributed by atoms with Crippen LogP contribution in [0.25, 0.3) is 0 Å². The molecule has 0 aliphatic carbocycles. The monoisotopic (exact) mass is 250 g/mol. The van der Waals surface area contributed by atoms with Gasteiger partial charge in [-0.2, -0.15) is 0 Å². The predicted molar refractivity (Wildman–Crippen MR) is 64.7 cm³/mol. The summed E-state index contributed by atoms with van der Waals surface area (Å²) in [6.07, 6.45) is 6.36. The molecular formula is C11H11ClN4O. The lowest BCUT2D eigenvalue weighted by molar-refractivity contribution is 0.276. The van der Waals surface area contributed by atoms with E-state index in [1.165, 1.54) is 6.20 Å². The number of aromatic nitrogens is 3. The molecule has 0 fully saturated rings. The number of rotatable bonds is 4. The van der Waals surface area contributed by atoms with Gasteiger partial charge in [0.05, 0.1) is 25.0 Å². The van der Waals surface area contributed by atoms with Gasteiger partial charge < -0.3 is 10.4 Å². The molecule has 17 heavy (non-hydrogen) atoms. The molecule has 0 radical (unpaired) electrons. The van der Waals surface area contributed by atoms with Crippen molar-refractivity contribution in [3.63, 3.8) is 0 Å². The first kappa shape index (κ1) is 11.8. The highest BCUT2D eigenvalue weighted by atomic mass is 35.5. The van der Waals surface area contributed by atoms with Gasteiger partial charge in [0, 0.05) is 12.4 Å². The zero-order valence-corrected chi connectivity index (χ0v) is 9.67. The lowest BCUT2D eigenvalue weighted by Gasteiger charge is -2.16. The Morgan fingerprint density at radius 1 is 1.29 bits per heavy atom. The molecule has 0 bridgehead atoms. The number of hydrogen-bond donors (Lipinski definition) is 2. The summed E-state index contributed by atoms with van der Waals surface area (Å²) < 4.78 is 0. The van der Waals surface area contributed by atoms with Crippen LogP contribution in [-0.2, 0) is 0 Å². The molecule has 0 unspecified atom stereocenters. The minimum Gasteiger partial charge on any atom is -0.394 e. The lowest BCUT2D eigenvalue weighted by Crippen LogP contribution is -2.15. The average Bonchev–Trinajstić information content (AvgIpc) is 2.37. The van der Waals surface area contributed by atoms with Gasteiger partial charge in [-0.05, 0) is 11.6 Å². The molecule has 0 amide bonds. The molecule has 1 atom stereocenters. The van der Waals surface area contributed by atoms with Gasteiger partial charge in [0.15, 0.2) is 0 Å². The molecule has 0 saturated carbocycles. The van der Waals surface area contributed by atoms with E-state index in [9.17, 15) is 5.11 Å². The van der Waals surface area contributed by atoms with Gasteiger partial charge in [0.1, 0.15) is 11.0 Å². The number of nitrogens with one attached hydrogen (secondary N) is 1. The van der Waals surface area contributed by atoms with Crippen LogP contribution in [0.1, 0.15) is 11.6 Å². The Bertz CT molecular complexity index is 480. The summed E-state index contributed by atoms with van der Waals surface area (Å²) >= 11 is 5.73. The van der Waals surface area contributed by atoms with Crippen molar-refractivity contribution in [3.05, 3.63) is 47.6 Å². The van der Waals surface area contributed by atoms with Crippen LogP contribution in [0.2, 0.25) is 5.15 Å². The van der Waals surface area contributed by atoms with Crippen molar-refractivity contribution in [1.82, 2.24) is 15.0 Å². The Kier molecular flexibility index (Phi) is 3.85. The molecule has 0 aliphatic heterocycles. The molecule has 0 aliphatic rings. The molecule has 5 nitrogen and oxygen atoms in total. The van der Waals surface area contributed by atoms with Crippen molar-refractivity contribution < 1.29 is 5.11 Å². The molecule has 0 aromatic carbocycles. The summed E-state index contributed by atoms with van der Waals surface area (Å²) in [4.78, 5) is 12.0. The number of aliphatic hydroxyl groups excluding tert-OH is 1. The summed E-state index contributed by atoms with van der Waals surface area (Å²) in [6.45, 7) is -0.0696. The van der Waals surface area contributed by atoms with E-state index in [0.29, 0.717) is 11.0 Å². The summed E-state index contributed by atoms with van der Waals surface area (Å²) in [6, 6.07) is 3.40. The normalized spacial score (nSPS) is 12.1. The van der Waals surface area contributed by atoms with Crippen LogP contribution >= 0.6 is 11.6 Å². The fourth-order valence-corrected chi connectivity index (χ4v) is 1.55. The van der Waals surface area contributed by atoms with E-state index >= 15 is 0 Å². The second-order valence-corrected chi connectivity index (χ2v) is 3.78. The highest BCUT2D eigenvalue weighted by molar-refractivity contribution is 6.29. The standard InChI is InChI=1S/C11H11ClN4O/c12-10-5-14-6-11(16-10)15-9(7-17)8-2-1-3-13-4-8/h1-6,9,17H,7H2,(H,15,16)/t9-/m1/s1. The zero-order valence-electron chi connectivity index (χ0n) is 8.92. The summed E-state index contributed by atoms with van der Waals surface area (Å²) in [5.41, 5.74) is 0.872. The highest BCUT2D eigenvalue weighted by Crippen LogP contribution is 2.17. The Morgan fingerprint density at radius 2 is 2.18 bits per heavy atom. The van der Waals surface area contributed by atoms with Crippen molar-refractivity contribution in [2.75, 3.05) is 11.9 Å². The van der Waals surface area contributed by atoms with Crippen LogP contribution in [0.4, 0.5) is 5.82 Å². The van der Waals surface area contributed by atoms with E-state index in [1.54, 1.807) is 18.6 Å². The average molecular weight is 251 g/mol. The van der Waals surface area contributed by atoms with Gasteiger partial charge in [-0.1, -0.05) is 17.7 Å². The van der Waals surface area contributed by atoms with Gasteiger partial charge in [-0.3, -0.25) is 9.97 Å². The predicted octanol–water partition coefficient (Wildman–Crippen LogP) is 1.67. The molecule has 0 spiro atoms. The minimum absolute atomic E-state index is 0.0696. The molecular weight excluding hydrogens is 240 g/mol. The summed E-state index contributed by atoms with van der Waals surface area (Å²) in [5, 5.41) is 12.7. The highest BCUT2D eigenvalue weighted by Gasteiger charge is 2.10. The lowest BCUT2D eigenvalue weighted by atomic mass is 10.1. The van der Waals surface area contributed by atoms with E-state index in [-0.39, 0.29) is 12.6 Å². The van der Waals surface area contributed by atoms with Crippen molar-refractivity contribution in [2.45, 2.75) is 6.04 Å². The maximum absolute atomic E-state index is 9.34.